The van der Waals surface area contributed by atoms with Crippen LogP contribution in [0.1, 0.15) is 38.5 Å². The normalized spacial score (nSPS) is 27.0. The number of hydrogen-bond donors (Lipinski definition) is 0. The summed E-state index contributed by atoms with van der Waals surface area (Å²) >= 11 is 0. The lowest BCUT2D eigenvalue weighted by atomic mass is 10.0. The molecule has 2 aliphatic rings. The van der Waals surface area contributed by atoms with Crippen molar-refractivity contribution in [2.24, 2.45) is 0 Å². The molecule has 2 atom stereocenters. The molecule has 0 aliphatic carbocycles. The first-order valence-electron chi connectivity index (χ1n) is 8.25. The Morgan fingerprint density at radius 1 is 1.17 bits per heavy atom. The number of fused-ring (bicyclic) bond motifs is 2. The Labute approximate surface area is 138 Å². The summed E-state index contributed by atoms with van der Waals surface area (Å²) in [4.78, 5) is 14.7. The van der Waals surface area contributed by atoms with Crippen molar-refractivity contribution in [3.05, 3.63) is 43.0 Å². The third kappa shape index (κ3) is 3.07. The average Bonchev–Trinajstić information content (AvgIpc) is 2.83. The minimum absolute atomic E-state index is 0.0783. The molecule has 3 rings (SSSR count). The Kier molecular flexibility index (Phi) is 4.57. The van der Waals surface area contributed by atoms with Gasteiger partial charge in [-0.1, -0.05) is 24.3 Å². The van der Waals surface area contributed by atoms with Gasteiger partial charge in [0.25, 0.3) is 0 Å². The first-order chi connectivity index (χ1) is 11.0. The van der Waals surface area contributed by atoms with Gasteiger partial charge in [-0.25, -0.2) is 8.42 Å². The molecule has 2 heterocycles. The van der Waals surface area contributed by atoms with Gasteiger partial charge in [0.2, 0.25) is 5.91 Å². The van der Waals surface area contributed by atoms with Crippen molar-refractivity contribution < 1.29 is 13.2 Å². The number of benzene rings is 1. The summed E-state index contributed by atoms with van der Waals surface area (Å²) in [5.41, 5.74) is 0. The summed E-state index contributed by atoms with van der Waals surface area (Å²) in [6, 6.07) is 8.83. The number of hydrogen-bond acceptors (Lipinski definition) is 3. The number of rotatable bonds is 5. The van der Waals surface area contributed by atoms with Crippen LogP contribution in [0.15, 0.2) is 47.9 Å². The van der Waals surface area contributed by atoms with Crippen molar-refractivity contribution >= 4 is 15.7 Å². The van der Waals surface area contributed by atoms with Crippen LogP contribution in [-0.4, -0.2) is 36.6 Å². The molecule has 124 valence electrons. The number of allylic oxidation sites excluding steroid dienone is 1. The molecule has 0 unspecified atom stereocenters. The Balaban J connectivity index is 1.76. The Bertz CT molecular complexity index is 669. The van der Waals surface area contributed by atoms with Crippen LogP contribution in [0.3, 0.4) is 0 Å². The highest BCUT2D eigenvalue weighted by Crippen LogP contribution is 2.40. The second-order valence-electron chi connectivity index (χ2n) is 6.46. The van der Waals surface area contributed by atoms with Gasteiger partial charge in [-0.15, -0.1) is 6.58 Å². The van der Waals surface area contributed by atoms with Crippen LogP contribution in [0, 0.1) is 0 Å². The summed E-state index contributed by atoms with van der Waals surface area (Å²) in [7, 11) is -3.31. The fourth-order valence-corrected chi connectivity index (χ4v) is 5.82. The van der Waals surface area contributed by atoms with Crippen LogP contribution in [0.25, 0.3) is 0 Å². The van der Waals surface area contributed by atoms with Crippen LogP contribution in [0.2, 0.25) is 0 Å². The van der Waals surface area contributed by atoms with Gasteiger partial charge in [0.1, 0.15) is 0 Å². The van der Waals surface area contributed by atoms with E-state index in [-0.39, 0.29) is 23.2 Å². The second-order valence-corrected chi connectivity index (χ2v) is 8.69. The summed E-state index contributed by atoms with van der Waals surface area (Å²) in [5, 5.41) is -0.370. The fraction of sp³-hybridized carbons (Fsp3) is 0.500. The van der Waals surface area contributed by atoms with E-state index in [2.05, 4.69) is 6.58 Å². The van der Waals surface area contributed by atoms with Gasteiger partial charge in [-0.3, -0.25) is 4.79 Å². The summed E-state index contributed by atoms with van der Waals surface area (Å²) in [5.74, 6) is 0.146. The van der Waals surface area contributed by atoms with E-state index in [0.717, 1.165) is 12.8 Å². The van der Waals surface area contributed by atoms with Crippen molar-refractivity contribution in [3.8, 4) is 0 Å². The standard InChI is InChI=1S/C18H23NO3S/c1-2-3-9-18(20)19-14-10-11-15(19)13-17(12-14)23(21,22)16-7-5-4-6-8-16/h2,4-8,14-15,17H,1,3,9-13H2/t14-,15-/m0/s1. The maximum atomic E-state index is 12.8. The molecule has 4 nitrogen and oxygen atoms in total. The predicted octanol–water partition coefficient (Wildman–Crippen LogP) is 2.95. The van der Waals surface area contributed by atoms with Gasteiger partial charge >= 0.3 is 0 Å². The monoisotopic (exact) mass is 333 g/mol. The van der Waals surface area contributed by atoms with Crippen LogP contribution in [0.4, 0.5) is 0 Å². The van der Waals surface area contributed by atoms with E-state index in [1.807, 2.05) is 11.0 Å². The Morgan fingerprint density at radius 3 is 2.35 bits per heavy atom. The molecule has 23 heavy (non-hydrogen) atoms. The number of amides is 1. The van der Waals surface area contributed by atoms with E-state index in [1.54, 1.807) is 30.3 Å². The van der Waals surface area contributed by atoms with E-state index < -0.39 is 9.84 Å². The number of sulfone groups is 1. The van der Waals surface area contributed by atoms with E-state index >= 15 is 0 Å². The molecule has 2 aliphatic heterocycles. The zero-order chi connectivity index (χ0) is 16.4. The summed E-state index contributed by atoms with van der Waals surface area (Å²) in [6.07, 6.45) is 5.89. The Hall–Kier alpha value is -1.62. The van der Waals surface area contributed by atoms with Gasteiger partial charge in [-0.05, 0) is 44.2 Å². The highest BCUT2D eigenvalue weighted by Gasteiger charge is 2.46. The molecule has 0 aromatic heterocycles. The van der Waals surface area contributed by atoms with Crippen LogP contribution < -0.4 is 0 Å². The second kappa shape index (κ2) is 6.48. The molecule has 2 saturated heterocycles. The highest BCUT2D eigenvalue weighted by molar-refractivity contribution is 7.92. The molecule has 1 amide bonds. The van der Waals surface area contributed by atoms with E-state index in [0.29, 0.717) is 30.6 Å². The lowest BCUT2D eigenvalue weighted by Gasteiger charge is -2.38. The SMILES string of the molecule is C=CCCC(=O)N1[C@H]2CC[C@H]1CC(S(=O)(=O)c1ccccc1)C2. The van der Waals surface area contributed by atoms with Crippen molar-refractivity contribution in [2.75, 3.05) is 0 Å². The van der Waals surface area contributed by atoms with Crippen LogP contribution in [-0.2, 0) is 14.6 Å². The molecule has 1 aromatic rings. The molecular weight excluding hydrogens is 310 g/mol. The first kappa shape index (κ1) is 16.2. The van der Waals surface area contributed by atoms with Gasteiger partial charge < -0.3 is 4.90 Å². The molecule has 0 saturated carbocycles. The van der Waals surface area contributed by atoms with E-state index in [1.165, 1.54) is 0 Å². The van der Waals surface area contributed by atoms with Crippen LogP contribution in [0.5, 0.6) is 0 Å². The zero-order valence-electron chi connectivity index (χ0n) is 13.2. The van der Waals surface area contributed by atoms with Gasteiger partial charge in [-0.2, -0.15) is 0 Å². The minimum atomic E-state index is -3.31. The number of carbonyl (C=O) groups is 1. The lowest BCUT2D eigenvalue weighted by Crippen LogP contribution is -2.49. The largest absolute Gasteiger partial charge is 0.337 e. The van der Waals surface area contributed by atoms with Gasteiger partial charge in [0.15, 0.2) is 9.84 Å². The van der Waals surface area contributed by atoms with E-state index in [9.17, 15) is 13.2 Å². The summed E-state index contributed by atoms with van der Waals surface area (Å²) < 4.78 is 25.7. The molecule has 1 aromatic carbocycles. The van der Waals surface area contributed by atoms with Crippen molar-refractivity contribution in [1.82, 2.24) is 4.90 Å². The molecule has 0 spiro atoms. The van der Waals surface area contributed by atoms with Gasteiger partial charge in [0, 0.05) is 18.5 Å². The number of carbonyl (C=O) groups excluding carboxylic acids is 1. The predicted molar refractivity (Wildman–Crippen MR) is 89.7 cm³/mol. The third-order valence-corrected chi connectivity index (χ3v) is 7.24. The highest BCUT2D eigenvalue weighted by atomic mass is 32.2. The maximum Gasteiger partial charge on any atom is 0.223 e. The van der Waals surface area contributed by atoms with Crippen molar-refractivity contribution in [3.63, 3.8) is 0 Å². The minimum Gasteiger partial charge on any atom is -0.337 e. The molecular formula is C18H23NO3S. The molecule has 0 radical (unpaired) electrons. The molecule has 2 bridgehead atoms. The summed E-state index contributed by atoms with van der Waals surface area (Å²) in [6.45, 7) is 3.66. The number of nitrogens with zero attached hydrogens (tertiary/aromatic N) is 1. The molecule has 5 heteroatoms. The lowest BCUT2D eigenvalue weighted by molar-refractivity contribution is -0.135. The van der Waals surface area contributed by atoms with Crippen molar-refractivity contribution in [2.45, 2.75) is 60.8 Å². The number of piperidine rings is 1. The quantitative estimate of drug-likeness (QED) is 0.779. The van der Waals surface area contributed by atoms with Crippen LogP contribution >= 0.6 is 0 Å². The first-order valence-corrected chi connectivity index (χ1v) is 9.79. The molecule has 2 fully saturated rings. The molecule has 0 N–H and O–H groups in total. The fourth-order valence-electron chi connectivity index (χ4n) is 3.94. The Morgan fingerprint density at radius 2 is 1.78 bits per heavy atom. The topological polar surface area (TPSA) is 54.5 Å². The van der Waals surface area contributed by atoms with E-state index in [4.69, 9.17) is 0 Å². The zero-order valence-corrected chi connectivity index (χ0v) is 14.0. The smallest absolute Gasteiger partial charge is 0.223 e. The third-order valence-electron chi connectivity index (χ3n) is 5.05. The van der Waals surface area contributed by atoms with Gasteiger partial charge in [0.05, 0.1) is 10.1 Å². The average molecular weight is 333 g/mol. The maximum absolute atomic E-state index is 12.8. The van der Waals surface area contributed by atoms with Crippen molar-refractivity contribution in [1.29, 1.82) is 0 Å².